The molecular formula is C18H21N3O4S. The molecule has 0 aliphatic carbocycles. The quantitative estimate of drug-likeness (QED) is 0.495. The lowest BCUT2D eigenvalue weighted by Crippen LogP contribution is -2.53. The van der Waals surface area contributed by atoms with Crippen molar-refractivity contribution in [1.29, 1.82) is 0 Å². The van der Waals surface area contributed by atoms with E-state index in [1.54, 1.807) is 24.3 Å². The van der Waals surface area contributed by atoms with Gasteiger partial charge in [0.1, 0.15) is 12.0 Å². The van der Waals surface area contributed by atoms with E-state index in [-0.39, 0.29) is 12.0 Å². The number of anilines is 1. The van der Waals surface area contributed by atoms with Crippen molar-refractivity contribution in [2.45, 2.75) is 37.5 Å². The van der Waals surface area contributed by atoms with Gasteiger partial charge in [-0.2, -0.15) is 4.99 Å². The molecule has 26 heavy (non-hydrogen) atoms. The molecule has 7 nitrogen and oxygen atoms in total. The van der Waals surface area contributed by atoms with Crippen molar-refractivity contribution in [2.24, 2.45) is 10.9 Å². The second-order valence-corrected chi connectivity index (χ2v) is 6.75. The molecule has 0 radical (unpaired) electrons. The van der Waals surface area contributed by atoms with E-state index < -0.39 is 18.1 Å². The monoisotopic (exact) mass is 375 g/mol. The highest BCUT2D eigenvalue weighted by Gasteiger charge is 2.50. The van der Waals surface area contributed by atoms with Crippen LogP contribution < -0.4 is 5.32 Å². The van der Waals surface area contributed by atoms with Gasteiger partial charge in [-0.3, -0.25) is 15.0 Å². The van der Waals surface area contributed by atoms with Crippen LogP contribution in [0, 0.1) is 5.92 Å². The Bertz CT molecular complexity index is 732. The molecule has 0 unspecified atom stereocenters. The summed E-state index contributed by atoms with van der Waals surface area (Å²) in [4.78, 5) is 30.6. The standard InChI is InChI=1S/C18H21N3O4S/c1-21-13-7-8-14(21)16(17(22)24-2)15(9-13)25-18(23)20-12-5-3-11(4-6-12)19-10-26/h3-6,13-16H,7-9H2,1-2H3,(H,20,23)/t13-,14+,15-,16+/m0/s1. The molecule has 4 atom stereocenters. The summed E-state index contributed by atoms with van der Waals surface area (Å²) in [6, 6.07) is 7.19. The second kappa shape index (κ2) is 7.95. The van der Waals surface area contributed by atoms with Crippen LogP contribution in [0.3, 0.4) is 0 Å². The van der Waals surface area contributed by atoms with Gasteiger partial charge in [-0.05, 0) is 56.4 Å². The topological polar surface area (TPSA) is 80.2 Å². The van der Waals surface area contributed by atoms with Crippen molar-refractivity contribution >= 4 is 40.8 Å². The first-order valence-electron chi connectivity index (χ1n) is 8.49. The molecule has 0 saturated carbocycles. The molecule has 0 spiro atoms. The number of ether oxygens (including phenoxy) is 2. The van der Waals surface area contributed by atoms with Crippen molar-refractivity contribution < 1.29 is 19.1 Å². The minimum atomic E-state index is -0.584. The fraction of sp³-hybridized carbons (Fsp3) is 0.500. The van der Waals surface area contributed by atoms with Gasteiger partial charge in [0.15, 0.2) is 0 Å². The maximum atomic E-state index is 12.3. The van der Waals surface area contributed by atoms with Crippen molar-refractivity contribution in [3.05, 3.63) is 24.3 Å². The maximum absolute atomic E-state index is 12.3. The predicted molar refractivity (Wildman–Crippen MR) is 99.7 cm³/mol. The first-order valence-corrected chi connectivity index (χ1v) is 8.89. The summed E-state index contributed by atoms with van der Waals surface area (Å²) >= 11 is 4.55. The number of carbonyl (C=O) groups is 2. The Morgan fingerprint density at radius 1 is 1.31 bits per heavy atom. The van der Waals surface area contributed by atoms with Gasteiger partial charge in [0.05, 0.1) is 18.0 Å². The van der Waals surface area contributed by atoms with Crippen molar-refractivity contribution in [3.8, 4) is 0 Å². The zero-order valence-corrected chi connectivity index (χ0v) is 15.5. The van der Waals surface area contributed by atoms with Crippen LogP contribution in [0.5, 0.6) is 0 Å². The Kier molecular flexibility index (Phi) is 5.66. The van der Waals surface area contributed by atoms with E-state index in [2.05, 4.69) is 32.6 Å². The van der Waals surface area contributed by atoms with E-state index in [1.165, 1.54) is 7.11 Å². The second-order valence-electron chi connectivity index (χ2n) is 6.57. The fourth-order valence-electron chi connectivity index (χ4n) is 3.94. The molecule has 2 bridgehead atoms. The minimum Gasteiger partial charge on any atom is -0.469 e. The van der Waals surface area contributed by atoms with Crippen LogP contribution in [0.1, 0.15) is 19.3 Å². The van der Waals surface area contributed by atoms with Gasteiger partial charge in [0, 0.05) is 24.2 Å². The highest BCUT2D eigenvalue weighted by atomic mass is 32.1. The van der Waals surface area contributed by atoms with E-state index >= 15 is 0 Å². The minimum absolute atomic E-state index is 0.0470. The Hall–Kier alpha value is -2.28. The molecule has 2 fully saturated rings. The summed E-state index contributed by atoms with van der Waals surface area (Å²) in [5.41, 5.74) is 1.22. The molecule has 2 heterocycles. The highest BCUT2D eigenvalue weighted by Crippen LogP contribution is 2.40. The number of methoxy groups -OCH3 is 1. The third kappa shape index (κ3) is 3.77. The van der Waals surface area contributed by atoms with E-state index in [0.29, 0.717) is 23.8 Å². The number of aliphatic imine (C=N–C) groups is 1. The van der Waals surface area contributed by atoms with Gasteiger partial charge in [-0.1, -0.05) is 0 Å². The molecule has 8 heteroatoms. The number of nitrogens with zero attached hydrogens (tertiary/aromatic N) is 2. The van der Waals surface area contributed by atoms with Gasteiger partial charge >= 0.3 is 12.1 Å². The number of fused-ring (bicyclic) bond motifs is 2. The Morgan fingerprint density at radius 3 is 2.69 bits per heavy atom. The normalized spacial score (nSPS) is 27.3. The number of hydrogen-bond donors (Lipinski definition) is 1. The third-order valence-corrected chi connectivity index (χ3v) is 5.33. The lowest BCUT2D eigenvalue weighted by Gasteiger charge is -2.40. The van der Waals surface area contributed by atoms with Gasteiger partial charge < -0.3 is 9.47 Å². The van der Waals surface area contributed by atoms with Crippen LogP contribution >= 0.6 is 12.2 Å². The zero-order valence-electron chi connectivity index (χ0n) is 14.7. The number of carbonyl (C=O) groups excluding carboxylic acids is 2. The molecular weight excluding hydrogens is 354 g/mol. The first-order chi connectivity index (χ1) is 12.5. The maximum Gasteiger partial charge on any atom is 0.411 e. The molecule has 1 amide bonds. The summed E-state index contributed by atoms with van der Waals surface area (Å²) in [6.45, 7) is 0. The summed E-state index contributed by atoms with van der Waals surface area (Å²) in [6.07, 6.45) is 1.46. The van der Waals surface area contributed by atoms with Crippen molar-refractivity contribution in [1.82, 2.24) is 4.90 Å². The number of benzene rings is 1. The molecule has 3 rings (SSSR count). The Balaban J connectivity index is 1.67. The summed E-state index contributed by atoms with van der Waals surface area (Å²) in [5, 5.41) is 4.97. The number of rotatable bonds is 4. The van der Waals surface area contributed by atoms with Crippen molar-refractivity contribution in [2.75, 3.05) is 19.5 Å². The predicted octanol–water partition coefficient (Wildman–Crippen LogP) is 2.99. The number of esters is 1. The number of piperidine rings is 1. The number of amides is 1. The zero-order chi connectivity index (χ0) is 18.7. The Morgan fingerprint density at radius 2 is 2.04 bits per heavy atom. The summed E-state index contributed by atoms with van der Waals surface area (Å²) in [7, 11) is 3.38. The summed E-state index contributed by atoms with van der Waals surface area (Å²) < 4.78 is 10.6. The average Bonchev–Trinajstić information content (AvgIpc) is 2.87. The third-order valence-electron chi connectivity index (χ3n) is 5.23. The molecule has 1 N–H and O–H groups in total. The van der Waals surface area contributed by atoms with Gasteiger partial charge in [0.25, 0.3) is 0 Å². The number of hydrogen-bond acceptors (Lipinski definition) is 7. The lowest BCUT2D eigenvalue weighted by atomic mass is 9.87. The molecule has 0 aromatic heterocycles. The van der Waals surface area contributed by atoms with Crippen molar-refractivity contribution in [3.63, 3.8) is 0 Å². The van der Waals surface area contributed by atoms with Crippen LogP contribution in [0.4, 0.5) is 16.2 Å². The SMILES string of the molecule is COC(=O)[C@H]1[C@@H](OC(=O)Nc2ccc(N=C=S)cc2)C[C@@H]2CC[C@H]1N2C. The molecule has 138 valence electrons. The lowest BCUT2D eigenvalue weighted by molar-refractivity contribution is -0.155. The largest absolute Gasteiger partial charge is 0.469 e. The number of thiocarbonyl (C=S) groups is 1. The highest BCUT2D eigenvalue weighted by molar-refractivity contribution is 7.78. The smallest absolute Gasteiger partial charge is 0.411 e. The van der Waals surface area contributed by atoms with Gasteiger partial charge in [-0.15, -0.1) is 0 Å². The van der Waals surface area contributed by atoms with E-state index in [1.807, 2.05) is 7.05 Å². The molecule has 2 aliphatic rings. The van der Waals surface area contributed by atoms with E-state index in [4.69, 9.17) is 9.47 Å². The van der Waals surface area contributed by atoms with Gasteiger partial charge in [0.2, 0.25) is 0 Å². The van der Waals surface area contributed by atoms with Crippen LogP contribution in [-0.2, 0) is 14.3 Å². The van der Waals surface area contributed by atoms with Crippen LogP contribution in [0.15, 0.2) is 29.3 Å². The number of isothiocyanates is 1. The molecule has 2 saturated heterocycles. The van der Waals surface area contributed by atoms with E-state index in [0.717, 1.165) is 12.8 Å². The summed E-state index contributed by atoms with van der Waals surface area (Å²) in [5.74, 6) is -0.795. The average molecular weight is 375 g/mol. The number of nitrogens with one attached hydrogen (secondary N) is 1. The van der Waals surface area contributed by atoms with E-state index in [9.17, 15) is 9.59 Å². The van der Waals surface area contributed by atoms with Crippen LogP contribution in [-0.4, -0.2) is 54.5 Å². The molecule has 1 aromatic rings. The first kappa shape index (κ1) is 18.5. The molecule has 1 aromatic carbocycles. The fourth-order valence-corrected chi connectivity index (χ4v) is 4.05. The molecule has 2 aliphatic heterocycles. The van der Waals surface area contributed by atoms with Crippen LogP contribution in [0.25, 0.3) is 0 Å². The van der Waals surface area contributed by atoms with Gasteiger partial charge in [-0.25, -0.2) is 4.79 Å². The van der Waals surface area contributed by atoms with Crippen LogP contribution in [0.2, 0.25) is 0 Å². The Labute approximate surface area is 157 Å².